The minimum atomic E-state index is -3.71. The molecule has 0 saturated carbocycles. The van der Waals surface area contributed by atoms with Crippen molar-refractivity contribution in [3.63, 3.8) is 0 Å². The summed E-state index contributed by atoms with van der Waals surface area (Å²) in [6.45, 7) is 3.17. The smallest absolute Gasteiger partial charge is 0.255 e. The van der Waals surface area contributed by atoms with Crippen LogP contribution < -0.4 is 9.62 Å². The lowest BCUT2D eigenvalue weighted by atomic mass is 10.1. The molecule has 1 saturated heterocycles. The lowest BCUT2D eigenvalue weighted by Crippen LogP contribution is -2.47. The predicted molar refractivity (Wildman–Crippen MR) is 123 cm³/mol. The minimum absolute atomic E-state index is 0.119. The highest BCUT2D eigenvalue weighted by Crippen LogP contribution is 2.25. The Bertz CT molecular complexity index is 1020. The van der Waals surface area contributed by atoms with E-state index in [4.69, 9.17) is 0 Å². The number of hydrogen-bond acceptors (Lipinski definition) is 4. The van der Waals surface area contributed by atoms with Gasteiger partial charge in [0.1, 0.15) is 6.04 Å². The first-order chi connectivity index (χ1) is 14.8. The number of carbonyl (C=O) groups is 2. The summed E-state index contributed by atoms with van der Waals surface area (Å²) in [4.78, 5) is 28.0. The van der Waals surface area contributed by atoms with Gasteiger partial charge in [-0.2, -0.15) is 0 Å². The Morgan fingerprint density at radius 3 is 2.23 bits per heavy atom. The Kier molecular flexibility index (Phi) is 7.33. The number of amides is 2. The summed E-state index contributed by atoms with van der Waals surface area (Å²) in [5.41, 5.74) is 1.23. The number of para-hydroxylation sites is 2. The van der Waals surface area contributed by atoms with Crippen LogP contribution in [0.2, 0.25) is 0 Å². The largest absolute Gasteiger partial charge is 0.339 e. The molecule has 31 heavy (non-hydrogen) atoms. The van der Waals surface area contributed by atoms with Gasteiger partial charge in [-0.25, -0.2) is 8.42 Å². The van der Waals surface area contributed by atoms with Gasteiger partial charge in [0.25, 0.3) is 5.91 Å². The van der Waals surface area contributed by atoms with Crippen molar-refractivity contribution in [2.45, 2.75) is 38.6 Å². The van der Waals surface area contributed by atoms with Crippen molar-refractivity contribution in [2.24, 2.45) is 0 Å². The zero-order valence-electron chi connectivity index (χ0n) is 18.0. The van der Waals surface area contributed by atoms with Gasteiger partial charge >= 0.3 is 0 Å². The molecular weight excluding hydrogens is 414 g/mol. The van der Waals surface area contributed by atoms with E-state index in [0.29, 0.717) is 30.0 Å². The molecule has 166 valence electrons. The molecule has 2 amide bonds. The molecule has 3 rings (SSSR count). The first kappa shape index (κ1) is 22.8. The van der Waals surface area contributed by atoms with Crippen molar-refractivity contribution in [2.75, 3.05) is 29.0 Å². The van der Waals surface area contributed by atoms with E-state index < -0.39 is 22.0 Å². The first-order valence-corrected chi connectivity index (χ1v) is 12.4. The van der Waals surface area contributed by atoms with Crippen molar-refractivity contribution in [1.29, 1.82) is 0 Å². The highest BCUT2D eigenvalue weighted by Gasteiger charge is 2.32. The minimum Gasteiger partial charge on any atom is -0.339 e. The van der Waals surface area contributed by atoms with Crippen LogP contribution in [0.25, 0.3) is 0 Å². The van der Waals surface area contributed by atoms with E-state index in [-0.39, 0.29) is 12.3 Å². The fraction of sp³-hybridized carbons (Fsp3) is 0.391. The second-order valence-corrected chi connectivity index (χ2v) is 9.57. The number of likely N-dealkylation sites (tertiary alicyclic amines) is 1. The average Bonchev–Trinajstić information content (AvgIpc) is 2.77. The van der Waals surface area contributed by atoms with Crippen LogP contribution in [0.4, 0.5) is 11.4 Å². The van der Waals surface area contributed by atoms with E-state index in [9.17, 15) is 18.0 Å². The van der Waals surface area contributed by atoms with Crippen molar-refractivity contribution < 1.29 is 18.0 Å². The number of nitrogens with zero attached hydrogens (tertiary/aromatic N) is 2. The van der Waals surface area contributed by atoms with Gasteiger partial charge in [-0.1, -0.05) is 37.3 Å². The molecule has 2 aromatic carbocycles. The Hall–Kier alpha value is -2.87. The number of rotatable bonds is 7. The summed E-state index contributed by atoms with van der Waals surface area (Å²) >= 11 is 0. The number of anilines is 2. The van der Waals surface area contributed by atoms with E-state index in [1.54, 1.807) is 66.4 Å². The number of nitrogens with one attached hydrogen (secondary N) is 1. The van der Waals surface area contributed by atoms with E-state index in [1.807, 2.05) is 0 Å². The van der Waals surface area contributed by atoms with Gasteiger partial charge in [-0.05, 0) is 49.9 Å². The topological polar surface area (TPSA) is 86.8 Å². The van der Waals surface area contributed by atoms with E-state index in [0.717, 1.165) is 29.8 Å². The van der Waals surface area contributed by atoms with Crippen LogP contribution in [0.5, 0.6) is 0 Å². The van der Waals surface area contributed by atoms with Crippen molar-refractivity contribution in [3.05, 3.63) is 60.2 Å². The average molecular weight is 444 g/mol. The second kappa shape index (κ2) is 9.96. The van der Waals surface area contributed by atoms with Crippen LogP contribution in [-0.2, 0) is 14.8 Å². The Labute approximate surface area is 184 Å². The Morgan fingerprint density at radius 1 is 1.00 bits per heavy atom. The number of benzene rings is 2. The molecule has 0 aromatic heterocycles. The summed E-state index contributed by atoms with van der Waals surface area (Å²) in [5.74, 6) is -0.595. The lowest BCUT2D eigenvalue weighted by Gasteiger charge is -2.30. The standard InChI is InChI=1S/C23H29N3O4S/c1-3-21(26(31(2,29)30)18-12-6-4-7-13-18)22(27)24-20-15-9-8-14-19(20)23(28)25-16-10-5-11-17-25/h4,6-9,12-15,21H,3,5,10-11,16-17H2,1-2H3,(H,24,27)/t21-/m0/s1. The molecular formula is C23H29N3O4S. The number of piperidine rings is 1. The predicted octanol–water partition coefficient (Wildman–Crippen LogP) is 3.50. The van der Waals surface area contributed by atoms with E-state index in [2.05, 4.69) is 5.32 Å². The normalized spacial score (nSPS) is 15.2. The van der Waals surface area contributed by atoms with Gasteiger partial charge in [0, 0.05) is 13.1 Å². The number of carbonyl (C=O) groups excluding carboxylic acids is 2. The maximum absolute atomic E-state index is 13.2. The SMILES string of the molecule is CC[C@@H](C(=O)Nc1ccccc1C(=O)N1CCCCC1)N(c1ccccc1)S(C)(=O)=O. The van der Waals surface area contributed by atoms with E-state index in [1.165, 1.54) is 0 Å². The quantitative estimate of drug-likeness (QED) is 0.710. The Morgan fingerprint density at radius 2 is 1.61 bits per heavy atom. The summed E-state index contributed by atoms with van der Waals surface area (Å²) in [6.07, 6.45) is 4.41. The molecule has 1 aliphatic rings. The van der Waals surface area contributed by atoms with Crippen molar-refractivity contribution >= 4 is 33.2 Å². The van der Waals surface area contributed by atoms with Gasteiger partial charge in [0.15, 0.2) is 0 Å². The highest BCUT2D eigenvalue weighted by atomic mass is 32.2. The van der Waals surface area contributed by atoms with Crippen molar-refractivity contribution in [1.82, 2.24) is 4.90 Å². The number of sulfonamides is 1. The van der Waals surface area contributed by atoms with Crippen LogP contribution in [0, 0.1) is 0 Å². The lowest BCUT2D eigenvalue weighted by molar-refractivity contribution is -0.117. The molecule has 2 aromatic rings. The summed E-state index contributed by atoms with van der Waals surface area (Å²) in [5, 5.41) is 2.81. The molecule has 1 heterocycles. The van der Waals surface area contributed by atoms with E-state index >= 15 is 0 Å². The molecule has 0 radical (unpaired) electrons. The third-order valence-corrected chi connectivity index (χ3v) is 6.58. The second-order valence-electron chi connectivity index (χ2n) is 7.71. The summed E-state index contributed by atoms with van der Waals surface area (Å²) < 4.78 is 26.2. The third-order valence-electron chi connectivity index (χ3n) is 5.40. The van der Waals surface area contributed by atoms with Crippen LogP contribution >= 0.6 is 0 Å². The molecule has 0 aliphatic carbocycles. The zero-order chi connectivity index (χ0) is 22.4. The third kappa shape index (κ3) is 5.44. The maximum atomic E-state index is 13.2. The fourth-order valence-corrected chi connectivity index (χ4v) is 5.11. The maximum Gasteiger partial charge on any atom is 0.255 e. The monoisotopic (exact) mass is 443 g/mol. The molecule has 8 heteroatoms. The molecule has 1 aliphatic heterocycles. The molecule has 7 nitrogen and oxygen atoms in total. The van der Waals surface area contributed by atoms with Crippen LogP contribution in [0.15, 0.2) is 54.6 Å². The molecule has 0 unspecified atom stereocenters. The molecule has 0 bridgehead atoms. The first-order valence-electron chi connectivity index (χ1n) is 10.6. The molecule has 0 spiro atoms. The Balaban J connectivity index is 1.88. The molecule has 1 fully saturated rings. The molecule has 1 N–H and O–H groups in total. The highest BCUT2D eigenvalue weighted by molar-refractivity contribution is 7.92. The van der Waals surface area contributed by atoms with Gasteiger partial charge in [0.05, 0.1) is 23.2 Å². The fourth-order valence-electron chi connectivity index (χ4n) is 3.90. The van der Waals surface area contributed by atoms with Crippen molar-refractivity contribution in [3.8, 4) is 0 Å². The van der Waals surface area contributed by atoms with Gasteiger partial charge in [0.2, 0.25) is 15.9 Å². The van der Waals surface area contributed by atoms with Gasteiger partial charge < -0.3 is 10.2 Å². The summed E-state index contributed by atoms with van der Waals surface area (Å²) in [7, 11) is -3.71. The summed E-state index contributed by atoms with van der Waals surface area (Å²) in [6, 6.07) is 14.5. The zero-order valence-corrected chi connectivity index (χ0v) is 18.8. The van der Waals surface area contributed by atoms with Crippen LogP contribution in [0.1, 0.15) is 43.0 Å². The van der Waals surface area contributed by atoms with Gasteiger partial charge in [-0.15, -0.1) is 0 Å². The van der Waals surface area contributed by atoms with Crippen LogP contribution in [0.3, 0.4) is 0 Å². The molecule has 1 atom stereocenters. The van der Waals surface area contributed by atoms with Crippen LogP contribution in [-0.4, -0.2) is 50.5 Å². The number of hydrogen-bond donors (Lipinski definition) is 1. The van der Waals surface area contributed by atoms with Gasteiger partial charge in [-0.3, -0.25) is 13.9 Å².